The van der Waals surface area contributed by atoms with E-state index >= 15 is 0 Å². The Morgan fingerprint density at radius 1 is 1.07 bits per heavy atom. The molecule has 5 rings (SSSR count). The molecule has 11 nitrogen and oxygen atoms in total. The van der Waals surface area contributed by atoms with Gasteiger partial charge in [0, 0.05) is 23.6 Å². The number of aromatic hydroxyl groups is 1. The van der Waals surface area contributed by atoms with E-state index in [4.69, 9.17) is 10.5 Å². The second-order valence-corrected chi connectivity index (χ2v) is 11.7. The highest BCUT2D eigenvalue weighted by molar-refractivity contribution is 6.25. The minimum absolute atomic E-state index is 0.0126. The first-order chi connectivity index (χ1) is 19.7. The van der Waals surface area contributed by atoms with Crippen LogP contribution in [0.5, 0.6) is 11.5 Å². The fourth-order valence-electron chi connectivity index (χ4n) is 6.93. The lowest BCUT2D eigenvalue weighted by atomic mass is 9.58. The third-order valence-corrected chi connectivity index (χ3v) is 8.66. The first-order valence-corrected chi connectivity index (χ1v) is 13.6. The molecule has 0 unspecified atom stereocenters. The van der Waals surface area contributed by atoms with Crippen LogP contribution in [0, 0.1) is 11.8 Å². The van der Waals surface area contributed by atoms with Crippen LogP contribution in [0.25, 0.3) is 11.1 Å². The molecule has 0 fully saturated rings. The van der Waals surface area contributed by atoms with Crippen LogP contribution in [0.3, 0.4) is 0 Å². The van der Waals surface area contributed by atoms with Crippen molar-refractivity contribution in [3.05, 3.63) is 69.7 Å². The number of aliphatic hydroxyl groups excluding tert-OH is 2. The maximum absolute atomic E-state index is 14.0. The summed E-state index contributed by atoms with van der Waals surface area (Å²) in [6.07, 6.45) is 0.192. The summed E-state index contributed by atoms with van der Waals surface area (Å²) in [5.74, 6) is -6.27. The summed E-state index contributed by atoms with van der Waals surface area (Å²) in [6, 6.07) is 7.81. The number of primary amides is 1. The first-order valence-electron chi connectivity index (χ1n) is 13.6. The summed E-state index contributed by atoms with van der Waals surface area (Å²) >= 11 is 0. The lowest BCUT2D eigenvalue weighted by molar-refractivity contribution is -0.148. The molecule has 0 aromatic heterocycles. The van der Waals surface area contributed by atoms with E-state index in [9.17, 15) is 34.8 Å². The van der Waals surface area contributed by atoms with E-state index in [1.54, 1.807) is 27.3 Å². The number of phenols is 1. The smallest absolute Gasteiger partial charge is 0.255 e. The first kappa shape index (κ1) is 29.3. The maximum Gasteiger partial charge on any atom is 0.255 e. The van der Waals surface area contributed by atoms with Gasteiger partial charge in [0.05, 0.1) is 18.7 Å². The number of ketones is 2. The molecule has 6 N–H and O–H groups in total. The van der Waals surface area contributed by atoms with Crippen molar-refractivity contribution in [1.29, 1.82) is 0 Å². The predicted octanol–water partition coefficient (Wildman–Crippen LogP) is 1.86. The molecular formula is C31H35N3O8. The molecular weight excluding hydrogens is 542 g/mol. The van der Waals surface area contributed by atoms with Crippen LogP contribution in [0.1, 0.15) is 27.9 Å². The van der Waals surface area contributed by atoms with Gasteiger partial charge in [0.15, 0.2) is 11.4 Å². The molecule has 0 spiro atoms. The second-order valence-electron chi connectivity index (χ2n) is 11.7. The Hall–Kier alpha value is -4.19. The van der Waals surface area contributed by atoms with Gasteiger partial charge in [-0.3, -0.25) is 19.3 Å². The Labute approximate surface area is 243 Å². The van der Waals surface area contributed by atoms with Gasteiger partial charge in [-0.05, 0) is 81.8 Å². The Morgan fingerprint density at radius 3 is 2.36 bits per heavy atom. The number of amides is 1. The molecule has 1 amide bonds. The highest BCUT2D eigenvalue weighted by atomic mass is 16.5. The van der Waals surface area contributed by atoms with Crippen molar-refractivity contribution >= 4 is 17.5 Å². The summed E-state index contributed by atoms with van der Waals surface area (Å²) < 4.78 is 5.65. The molecule has 222 valence electrons. The Kier molecular flexibility index (Phi) is 7.16. The van der Waals surface area contributed by atoms with Gasteiger partial charge in [-0.1, -0.05) is 12.1 Å². The molecule has 2 aromatic rings. The molecule has 0 saturated heterocycles. The van der Waals surface area contributed by atoms with Crippen molar-refractivity contribution in [3.8, 4) is 22.6 Å². The van der Waals surface area contributed by atoms with Crippen LogP contribution in [0.4, 0.5) is 0 Å². The molecule has 0 aliphatic heterocycles. The third-order valence-electron chi connectivity index (χ3n) is 8.66. The number of likely N-dealkylation sites (N-methyl/N-ethyl adjacent to an activating group) is 1. The zero-order valence-electron chi connectivity index (χ0n) is 24.1. The number of carbonyl (C=O) groups is 3. The van der Waals surface area contributed by atoms with Crippen molar-refractivity contribution < 1.29 is 39.5 Å². The number of nitrogens with two attached hydrogens (primary N) is 1. The topological polar surface area (TPSA) is 174 Å². The zero-order chi connectivity index (χ0) is 30.8. The van der Waals surface area contributed by atoms with Gasteiger partial charge < -0.3 is 35.8 Å². The summed E-state index contributed by atoms with van der Waals surface area (Å²) in [7, 11) is 8.63. The van der Waals surface area contributed by atoms with Gasteiger partial charge in [0.1, 0.15) is 28.6 Å². The molecule has 4 atom stereocenters. The van der Waals surface area contributed by atoms with E-state index in [-0.39, 0.29) is 29.7 Å². The molecule has 0 saturated carbocycles. The number of carbonyl (C=O) groups excluding carboxylic acids is 3. The fourth-order valence-corrected chi connectivity index (χ4v) is 6.93. The highest BCUT2D eigenvalue weighted by Gasteiger charge is 2.63. The van der Waals surface area contributed by atoms with Gasteiger partial charge in [-0.25, -0.2) is 0 Å². The number of allylic oxidation sites excluding steroid dienone is 1. The van der Waals surface area contributed by atoms with Gasteiger partial charge in [-0.2, -0.15) is 0 Å². The van der Waals surface area contributed by atoms with E-state index in [2.05, 4.69) is 0 Å². The van der Waals surface area contributed by atoms with Crippen molar-refractivity contribution in [2.75, 3.05) is 35.3 Å². The normalized spacial score (nSPS) is 25.5. The van der Waals surface area contributed by atoms with E-state index in [0.717, 1.165) is 11.1 Å². The van der Waals surface area contributed by atoms with Crippen molar-refractivity contribution in [2.45, 2.75) is 31.0 Å². The molecule has 0 heterocycles. The average Bonchev–Trinajstić information content (AvgIpc) is 2.90. The summed E-state index contributed by atoms with van der Waals surface area (Å²) in [5.41, 5.74) is 4.55. The number of aliphatic hydroxyl groups is 3. The standard InChI is InChI=1S/C31H35N3O8/c1-33(2)13-14-6-9-21(42-5)17(10-14)16-7-8-20(35)23-18(16)11-15-12-19-25(34(3)4)27(37)24(30(32)40)29(39)31(19,41)28(38)22(15)26(23)36/h6-10,15,19,25,35,37-38,41H,11-13H2,1-5H3,(H2,32,40)/t15-,19-,25-,31-/m0/s1. The molecule has 2 aromatic carbocycles. The SMILES string of the molecule is COc1ccc(CN(C)C)cc1-c1ccc(O)c2c1C[C@H]1C[C@H]3[C@H](N(C)C)C(O)=C(C(N)=O)C(=O)[C@@]3(O)C(O)=C1C2=O. The van der Waals surface area contributed by atoms with Crippen molar-refractivity contribution in [1.82, 2.24) is 9.80 Å². The Morgan fingerprint density at radius 2 is 1.76 bits per heavy atom. The minimum Gasteiger partial charge on any atom is -0.510 e. The van der Waals surface area contributed by atoms with Gasteiger partial charge in [0.2, 0.25) is 5.78 Å². The van der Waals surface area contributed by atoms with Crippen LogP contribution in [-0.2, 0) is 22.6 Å². The number of ether oxygens (including phenoxy) is 1. The van der Waals surface area contributed by atoms with Crippen molar-refractivity contribution in [3.63, 3.8) is 0 Å². The average molecular weight is 578 g/mol. The second kappa shape index (κ2) is 10.3. The maximum atomic E-state index is 14.0. The molecule has 42 heavy (non-hydrogen) atoms. The number of hydrogen-bond acceptors (Lipinski definition) is 10. The predicted molar refractivity (Wildman–Crippen MR) is 153 cm³/mol. The lowest BCUT2D eigenvalue weighted by Gasteiger charge is -2.50. The largest absolute Gasteiger partial charge is 0.510 e. The summed E-state index contributed by atoms with van der Waals surface area (Å²) in [4.78, 5) is 43.2. The molecule has 3 aliphatic rings. The number of rotatable bonds is 6. The van der Waals surface area contributed by atoms with E-state index < -0.39 is 58.0 Å². The number of fused-ring (bicyclic) bond motifs is 3. The number of Topliss-reactive ketones (excluding diaryl/α,β-unsaturated/α-hetero) is 2. The van der Waals surface area contributed by atoms with E-state index in [0.29, 0.717) is 23.4 Å². The summed E-state index contributed by atoms with van der Waals surface area (Å²) in [6.45, 7) is 0.657. The summed E-state index contributed by atoms with van der Waals surface area (Å²) in [5, 5.41) is 45.1. The number of benzene rings is 2. The number of methoxy groups -OCH3 is 1. The zero-order valence-corrected chi connectivity index (χ0v) is 24.1. The Bertz CT molecular complexity index is 1590. The van der Waals surface area contributed by atoms with Crippen molar-refractivity contribution in [2.24, 2.45) is 17.6 Å². The number of nitrogens with zero attached hydrogens (tertiary/aromatic N) is 2. The molecule has 0 radical (unpaired) electrons. The van der Waals surface area contributed by atoms with Crippen LogP contribution >= 0.6 is 0 Å². The number of hydrogen-bond donors (Lipinski definition) is 5. The fraction of sp³-hybridized carbons (Fsp3) is 0.387. The quantitative estimate of drug-likeness (QED) is 0.319. The third kappa shape index (κ3) is 4.19. The van der Waals surface area contributed by atoms with Gasteiger partial charge in [-0.15, -0.1) is 0 Å². The van der Waals surface area contributed by atoms with E-state index in [1.165, 1.54) is 11.0 Å². The molecule has 3 aliphatic carbocycles. The molecule has 0 bridgehead atoms. The monoisotopic (exact) mass is 577 g/mol. The minimum atomic E-state index is -2.68. The van der Waals surface area contributed by atoms with Gasteiger partial charge >= 0.3 is 0 Å². The van der Waals surface area contributed by atoms with Crippen LogP contribution in [-0.4, -0.2) is 94.6 Å². The van der Waals surface area contributed by atoms with E-state index in [1.807, 2.05) is 37.2 Å². The molecule has 11 heteroatoms. The van der Waals surface area contributed by atoms with Crippen LogP contribution in [0.15, 0.2) is 53.0 Å². The highest BCUT2D eigenvalue weighted by Crippen LogP contribution is 2.53. The van der Waals surface area contributed by atoms with Crippen LogP contribution in [0.2, 0.25) is 0 Å². The number of phenolic OH excluding ortho intramolecular Hbond substituents is 1. The lowest BCUT2D eigenvalue weighted by Crippen LogP contribution is -2.63. The Balaban J connectivity index is 1.72. The van der Waals surface area contributed by atoms with Gasteiger partial charge in [0.25, 0.3) is 5.91 Å². The van der Waals surface area contributed by atoms with Crippen LogP contribution < -0.4 is 10.5 Å².